The molecule has 20 heavy (non-hydrogen) atoms. The highest BCUT2D eigenvalue weighted by Crippen LogP contribution is 2.27. The molecule has 1 aromatic carbocycles. The highest BCUT2D eigenvalue weighted by atomic mass is 16.6. The normalized spacial score (nSPS) is 10.5. The Morgan fingerprint density at radius 1 is 1.50 bits per heavy atom. The maximum Gasteiger partial charge on any atom is 0.311 e. The minimum atomic E-state index is -0.460. The SMILES string of the molecule is CNCc1ncnn1Cc1ccc(OC)c([N+](=O)[O-])c1. The molecule has 0 fully saturated rings. The van der Waals surface area contributed by atoms with Crippen molar-refractivity contribution in [2.24, 2.45) is 0 Å². The van der Waals surface area contributed by atoms with Crippen molar-refractivity contribution >= 4 is 5.69 Å². The number of methoxy groups -OCH3 is 1. The average molecular weight is 277 g/mol. The van der Waals surface area contributed by atoms with Crippen LogP contribution in [0.5, 0.6) is 5.75 Å². The Bertz CT molecular complexity index is 611. The lowest BCUT2D eigenvalue weighted by atomic mass is 10.2. The lowest BCUT2D eigenvalue weighted by Crippen LogP contribution is -2.14. The third kappa shape index (κ3) is 2.91. The zero-order valence-corrected chi connectivity index (χ0v) is 11.2. The second-order valence-electron chi connectivity index (χ2n) is 4.13. The molecule has 0 atom stereocenters. The molecule has 2 aromatic rings. The second-order valence-corrected chi connectivity index (χ2v) is 4.13. The Labute approximate surface area is 115 Å². The van der Waals surface area contributed by atoms with Gasteiger partial charge in [0.1, 0.15) is 12.2 Å². The van der Waals surface area contributed by atoms with Crippen LogP contribution in [0.3, 0.4) is 0 Å². The molecule has 0 aliphatic heterocycles. The molecule has 0 radical (unpaired) electrons. The lowest BCUT2D eigenvalue weighted by molar-refractivity contribution is -0.385. The van der Waals surface area contributed by atoms with Gasteiger partial charge in [-0.15, -0.1) is 0 Å². The van der Waals surface area contributed by atoms with Gasteiger partial charge in [-0.25, -0.2) is 9.67 Å². The Morgan fingerprint density at radius 3 is 2.95 bits per heavy atom. The van der Waals surface area contributed by atoms with Crippen molar-refractivity contribution in [3.8, 4) is 5.75 Å². The fourth-order valence-electron chi connectivity index (χ4n) is 1.86. The van der Waals surface area contributed by atoms with Crippen molar-refractivity contribution in [1.82, 2.24) is 20.1 Å². The number of benzene rings is 1. The van der Waals surface area contributed by atoms with Gasteiger partial charge in [0.25, 0.3) is 0 Å². The maximum absolute atomic E-state index is 11.0. The van der Waals surface area contributed by atoms with Crippen LogP contribution in [0.25, 0.3) is 0 Å². The van der Waals surface area contributed by atoms with Crippen LogP contribution in [-0.4, -0.2) is 33.8 Å². The molecule has 2 rings (SSSR count). The molecule has 106 valence electrons. The van der Waals surface area contributed by atoms with Crippen LogP contribution in [0, 0.1) is 10.1 Å². The van der Waals surface area contributed by atoms with Crippen LogP contribution in [0.4, 0.5) is 5.69 Å². The predicted octanol–water partition coefficient (Wildman–Crippen LogP) is 0.963. The molecular formula is C12H15N5O3. The number of ether oxygens (including phenoxy) is 1. The van der Waals surface area contributed by atoms with E-state index in [-0.39, 0.29) is 11.4 Å². The first-order valence-electron chi connectivity index (χ1n) is 5.98. The molecule has 1 aromatic heterocycles. The summed E-state index contributed by atoms with van der Waals surface area (Å²) < 4.78 is 6.67. The summed E-state index contributed by atoms with van der Waals surface area (Å²) in [5, 5.41) is 18.1. The Kier molecular flexibility index (Phi) is 4.26. The van der Waals surface area contributed by atoms with Crippen molar-refractivity contribution in [2.45, 2.75) is 13.1 Å². The first-order chi connectivity index (χ1) is 9.65. The summed E-state index contributed by atoms with van der Waals surface area (Å²) in [6, 6.07) is 4.85. The highest BCUT2D eigenvalue weighted by molar-refractivity contribution is 5.48. The van der Waals surface area contributed by atoms with Crippen molar-refractivity contribution in [3.63, 3.8) is 0 Å². The molecule has 0 amide bonds. The largest absolute Gasteiger partial charge is 0.490 e. The molecule has 1 N–H and O–H groups in total. The Balaban J connectivity index is 2.27. The number of hydrogen-bond acceptors (Lipinski definition) is 6. The zero-order chi connectivity index (χ0) is 14.5. The van der Waals surface area contributed by atoms with Crippen molar-refractivity contribution < 1.29 is 9.66 Å². The van der Waals surface area contributed by atoms with E-state index < -0.39 is 4.92 Å². The van der Waals surface area contributed by atoms with E-state index in [9.17, 15) is 10.1 Å². The van der Waals surface area contributed by atoms with Gasteiger partial charge in [-0.05, 0) is 18.7 Å². The molecule has 0 aliphatic rings. The summed E-state index contributed by atoms with van der Waals surface area (Å²) in [7, 11) is 3.22. The summed E-state index contributed by atoms with van der Waals surface area (Å²) in [6.07, 6.45) is 1.46. The van der Waals surface area contributed by atoms with Gasteiger partial charge in [-0.1, -0.05) is 6.07 Å². The molecule has 0 bridgehead atoms. The lowest BCUT2D eigenvalue weighted by Gasteiger charge is -2.07. The van der Waals surface area contributed by atoms with Crippen molar-refractivity contribution in [3.05, 3.63) is 46.0 Å². The maximum atomic E-state index is 11.0. The molecule has 1 heterocycles. The van der Waals surface area contributed by atoms with E-state index in [0.29, 0.717) is 13.1 Å². The number of nitrogens with one attached hydrogen (secondary N) is 1. The quantitative estimate of drug-likeness (QED) is 0.624. The highest BCUT2D eigenvalue weighted by Gasteiger charge is 2.15. The number of nitro groups is 1. The minimum Gasteiger partial charge on any atom is -0.490 e. The van der Waals surface area contributed by atoms with E-state index in [0.717, 1.165) is 11.4 Å². The van der Waals surface area contributed by atoms with E-state index in [1.807, 2.05) is 7.05 Å². The monoisotopic (exact) mass is 277 g/mol. The van der Waals surface area contributed by atoms with E-state index in [1.165, 1.54) is 19.5 Å². The molecule has 0 saturated heterocycles. The molecule has 0 saturated carbocycles. The topological polar surface area (TPSA) is 95.1 Å². The van der Waals surface area contributed by atoms with E-state index in [4.69, 9.17) is 4.74 Å². The number of aromatic nitrogens is 3. The van der Waals surface area contributed by atoms with Crippen LogP contribution in [0.15, 0.2) is 24.5 Å². The van der Waals surface area contributed by atoms with Gasteiger partial charge in [0.05, 0.1) is 25.1 Å². The van der Waals surface area contributed by atoms with Gasteiger partial charge in [-0.2, -0.15) is 5.10 Å². The second kappa shape index (κ2) is 6.11. The van der Waals surface area contributed by atoms with Crippen LogP contribution in [0.2, 0.25) is 0 Å². The number of hydrogen-bond donors (Lipinski definition) is 1. The summed E-state index contributed by atoms with van der Waals surface area (Å²) >= 11 is 0. The van der Waals surface area contributed by atoms with E-state index in [2.05, 4.69) is 15.4 Å². The molecule has 0 unspecified atom stereocenters. The standard InChI is InChI=1S/C12H15N5O3/c1-13-6-12-14-8-15-16(12)7-9-3-4-11(20-2)10(5-9)17(18)19/h3-5,8,13H,6-7H2,1-2H3. The smallest absolute Gasteiger partial charge is 0.311 e. The van der Waals surface area contributed by atoms with Gasteiger partial charge in [0, 0.05) is 6.07 Å². The average Bonchev–Trinajstić information content (AvgIpc) is 2.86. The van der Waals surface area contributed by atoms with Gasteiger partial charge in [0.2, 0.25) is 0 Å². The molecular weight excluding hydrogens is 262 g/mol. The van der Waals surface area contributed by atoms with Crippen molar-refractivity contribution in [1.29, 1.82) is 0 Å². The summed E-state index contributed by atoms with van der Waals surface area (Å²) in [6.45, 7) is 1.00. The first kappa shape index (κ1) is 13.9. The fourth-order valence-corrected chi connectivity index (χ4v) is 1.86. The van der Waals surface area contributed by atoms with Gasteiger partial charge >= 0.3 is 5.69 Å². The van der Waals surface area contributed by atoms with Crippen LogP contribution in [0.1, 0.15) is 11.4 Å². The van der Waals surface area contributed by atoms with Crippen LogP contribution >= 0.6 is 0 Å². The summed E-state index contributed by atoms with van der Waals surface area (Å²) in [5.74, 6) is 1.01. The summed E-state index contributed by atoms with van der Waals surface area (Å²) in [5.41, 5.74) is 0.709. The number of nitrogens with zero attached hydrogens (tertiary/aromatic N) is 4. The zero-order valence-electron chi connectivity index (χ0n) is 11.2. The number of rotatable bonds is 6. The molecule has 0 aliphatic carbocycles. The van der Waals surface area contributed by atoms with Crippen LogP contribution < -0.4 is 10.1 Å². The van der Waals surface area contributed by atoms with E-state index in [1.54, 1.807) is 16.8 Å². The van der Waals surface area contributed by atoms with Gasteiger partial charge in [-0.3, -0.25) is 10.1 Å². The Morgan fingerprint density at radius 2 is 2.30 bits per heavy atom. The Hall–Kier alpha value is -2.48. The third-order valence-corrected chi connectivity index (χ3v) is 2.80. The summed E-state index contributed by atoms with van der Waals surface area (Å²) in [4.78, 5) is 14.6. The minimum absolute atomic E-state index is 0.0553. The van der Waals surface area contributed by atoms with Gasteiger partial charge in [0.15, 0.2) is 5.75 Å². The van der Waals surface area contributed by atoms with Crippen molar-refractivity contribution in [2.75, 3.05) is 14.2 Å². The number of nitro benzene ring substituents is 1. The van der Waals surface area contributed by atoms with Gasteiger partial charge < -0.3 is 10.1 Å². The first-order valence-corrected chi connectivity index (χ1v) is 5.98. The molecule has 8 nitrogen and oxygen atoms in total. The van der Waals surface area contributed by atoms with E-state index >= 15 is 0 Å². The third-order valence-electron chi connectivity index (χ3n) is 2.80. The fraction of sp³-hybridized carbons (Fsp3) is 0.333. The van der Waals surface area contributed by atoms with Crippen LogP contribution in [-0.2, 0) is 13.1 Å². The molecule has 0 spiro atoms. The predicted molar refractivity (Wildman–Crippen MR) is 71.5 cm³/mol. The molecule has 8 heteroatoms.